The molecule has 1 saturated carbocycles. The van der Waals surface area contributed by atoms with E-state index in [0.717, 1.165) is 24.1 Å². The van der Waals surface area contributed by atoms with Gasteiger partial charge in [-0.3, -0.25) is 0 Å². The quantitative estimate of drug-likeness (QED) is 0.593. The summed E-state index contributed by atoms with van der Waals surface area (Å²) in [5, 5.41) is 25.6. The first-order valence-corrected chi connectivity index (χ1v) is 10.0. The number of benzene rings is 2. The van der Waals surface area contributed by atoms with Crippen molar-refractivity contribution in [3.8, 4) is 11.8 Å². The molecule has 1 aliphatic carbocycles. The Kier molecular flexibility index (Phi) is 6.61. The molecule has 6 heteroatoms. The zero-order chi connectivity index (χ0) is 20.8. The maximum absolute atomic E-state index is 12.1. The van der Waals surface area contributed by atoms with Gasteiger partial charge in [-0.15, -0.1) is 0 Å². The summed E-state index contributed by atoms with van der Waals surface area (Å²) < 4.78 is 5.72. The molecule has 0 radical (unpaired) electrons. The second-order valence-corrected chi connectivity index (χ2v) is 7.35. The van der Waals surface area contributed by atoms with Gasteiger partial charge >= 0.3 is 5.97 Å². The Balaban J connectivity index is 1.95. The highest BCUT2D eigenvalue weighted by Gasteiger charge is 2.25. The van der Waals surface area contributed by atoms with Crippen LogP contribution in [0.4, 0.5) is 11.4 Å². The number of aliphatic carboxylic acids is 1. The summed E-state index contributed by atoms with van der Waals surface area (Å²) in [5.41, 5.74) is 3.65. The molecule has 2 aromatic carbocycles. The molecule has 6 nitrogen and oxygen atoms in total. The second-order valence-electron chi connectivity index (χ2n) is 7.35. The molecule has 0 saturated heterocycles. The fourth-order valence-electron chi connectivity index (χ4n) is 3.78. The van der Waals surface area contributed by atoms with Crippen LogP contribution in [-0.2, 0) is 4.79 Å². The van der Waals surface area contributed by atoms with Crippen molar-refractivity contribution >= 4 is 17.3 Å². The number of carbonyl (C=O) groups is 1. The van der Waals surface area contributed by atoms with Crippen molar-refractivity contribution in [3.05, 3.63) is 53.1 Å². The van der Waals surface area contributed by atoms with Gasteiger partial charge in [0, 0.05) is 23.5 Å². The van der Waals surface area contributed by atoms with Gasteiger partial charge in [-0.2, -0.15) is 5.26 Å². The number of rotatable bonds is 8. The first-order chi connectivity index (χ1) is 14.0. The lowest BCUT2D eigenvalue weighted by Crippen LogP contribution is -2.23. The van der Waals surface area contributed by atoms with Crippen LogP contribution in [0, 0.1) is 18.3 Å². The van der Waals surface area contributed by atoms with Crippen LogP contribution in [0.15, 0.2) is 36.4 Å². The summed E-state index contributed by atoms with van der Waals surface area (Å²) in [6.45, 7) is 4.36. The summed E-state index contributed by atoms with van der Waals surface area (Å²) in [6.07, 6.45) is 4.68. The van der Waals surface area contributed by atoms with Crippen molar-refractivity contribution in [2.45, 2.75) is 51.6 Å². The Bertz CT molecular complexity index is 897. The predicted octanol–water partition coefficient (Wildman–Crippen LogP) is 4.86. The van der Waals surface area contributed by atoms with Crippen molar-refractivity contribution in [2.75, 3.05) is 17.2 Å². The minimum atomic E-state index is -0.974. The number of carboxylic acids is 1. The maximum Gasteiger partial charge on any atom is 0.330 e. The van der Waals surface area contributed by atoms with Crippen molar-refractivity contribution < 1.29 is 14.6 Å². The lowest BCUT2D eigenvalue weighted by Gasteiger charge is -2.23. The van der Waals surface area contributed by atoms with Gasteiger partial charge in [-0.25, -0.2) is 4.79 Å². The third-order valence-electron chi connectivity index (χ3n) is 5.33. The second kappa shape index (κ2) is 9.33. The monoisotopic (exact) mass is 393 g/mol. The molecule has 1 unspecified atom stereocenters. The molecule has 0 heterocycles. The third-order valence-corrected chi connectivity index (χ3v) is 5.33. The van der Waals surface area contributed by atoms with Gasteiger partial charge in [0.25, 0.3) is 0 Å². The highest BCUT2D eigenvalue weighted by molar-refractivity contribution is 5.81. The fraction of sp³-hybridized carbons (Fsp3) is 0.391. The number of nitriles is 1. The van der Waals surface area contributed by atoms with Crippen LogP contribution in [0.1, 0.15) is 55.3 Å². The molecular formula is C23H27N3O3. The number of nitrogens with one attached hydrogen (secondary N) is 2. The molecule has 1 aliphatic rings. The topological polar surface area (TPSA) is 94.4 Å². The smallest absolute Gasteiger partial charge is 0.330 e. The van der Waals surface area contributed by atoms with E-state index >= 15 is 0 Å². The van der Waals surface area contributed by atoms with E-state index in [1.54, 1.807) is 30.3 Å². The summed E-state index contributed by atoms with van der Waals surface area (Å²) in [6, 6.07) is 12.1. The lowest BCUT2D eigenvalue weighted by molar-refractivity contribution is -0.138. The van der Waals surface area contributed by atoms with Gasteiger partial charge in [0.1, 0.15) is 5.75 Å². The van der Waals surface area contributed by atoms with Crippen LogP contribution < -0.4 is 15.4 Å². The average molecular weight is 393 g/mol. The number of nitrogens with zero attached hydrogens (tertiary/aromatic N) is 1. The Hall–Kier alpha value is -3.20. The predicted molar refractivity (Wildman–Crippen MR) is 113 cm³/mol. The number of hydrogen-bond donors (Lipinski definition) is 3. The van der Waals surface area contributed by atoms with E-state index in [0.29, 0.717) is 35.2 Å². The minimum absolute atomic E-state index is 0.410. The van der Waals surface area contributed by atoms with Crippen molar-refractivity contribution in [1.82, 2.24) is 0 Å². The van der Waals surface area contributed by atoms with Crippen LogP contribution in [0.5, 0.6) is 5.75 Å². The maximum atomic E-state index is 12.1. The zero-order valence-electron chi connectivity index (χ0n) is 16.9. The van der Waals surface area contributed by atoms with Crippen LogP contribution >= 0.6 is 0 Å². The number of carboxylic acid groups (broad SMARTS) is 1. The van der Waals surface area contributed by atoms with E-state index < -0.39 is 12.0 Å². The standard InChI is InChI=1S/C23H27N3O3/c1-3-29-19-12-20(15(2)21(13-19)25-17-6-4-5-7-17)22(23(27)28)26-18-10-8-16(14-24)9-11-18/h8-13,17,22,25-26H,3-7H2,1-2H3,(H,27,28). The van der Waals surface area contributed by atoms with E-state index in [2.05, 4.69) is 16.7 Å². The van der Waals surface area contributed by atoms with Gasteiger partial charge in [0.2, 0.25) is 0 Å². The van der Waals surface area contributed by atoms with Gasteiger partial charge in [0.05, 0.1) is 18.2 Å². The Morgan fingerprint density at radius 2 is 1.97 bits per heavy atom. The van der Waals surface area contributed by atoms with E-state index in [-0.39, 0.29) is 0 Å². The molecule has 0 aliphatic heterocycles. The first-order valence-electron chi connectivity index (χ1n) is 10.0. The Morgan fingerprint density at radius 1 is 1.28 bits per heavy atom. The molecule has 3 N–H and O–H groups in total. The Morgan fingerprint density at radius 3 is 2.55 bits per heavy atom. The highest BCUT2D eigenvalue weighted by atomic mass is 16.5. The van der Waals surface area contributed by atoms with Gasteiger partial charge in [-0.1, -0.05) is 12.8 Å². The van der Waals surface area contributed by atoms with E-state index in [1.807, 2.05) is 19.9 Å². The van der Waals surface area contributed by atoms with Crippen LogP contribution in [0.25, 0.3) is 0 Å². The molecule has 2 aromatic rings. The van der Waals surface area contributed by atoms with Crippen molar-refractivity contribution in [3.63, 3.8) is 0 Å². The summed E-state index contributed by atoms with van der Waals surface area (Å²) in [5.74, 6) is -0.320. The third kappa shape index (κ3) is 5.00. The van der Waals surface area contributed by atoms with E-state index in [4.69, 9.17) is 10.00 Å². The van der Waals surface area contributed by atoms with Crippen molar-refractivity contribution in [1.29, 1.82) is 5.26 Å². The molecule has 1 fully saturated rings. The summed E-state index contributed by atoms with van der Waals surface area (Å²) in [4.78, 5) is 12.1. The summed E-state index contributed by atoms with van der Waals surface area (Å²) in [7, 11) is 0. The first kappa shape index (κ1) is 20.5. The lowest BCUT2D eigenvalue weighted by atomic mass is 9.98. The highest BCUT2D eigenvalue weighted by Crippen LogP contribution is 2.34. The molecule has 0 bridgehead atoms. The largest absolute Gasteiger partial charge is 0.494 e. The normalized spacial score (nSPS) is 14.8. The zero-order valence-corrected chi connectivity index (χ0v) is 16.9. The van der Waals surface area contributed by atoms with E-state index in [1.165, 1.54) is 12.8 Å². The molecule has 152 valence electrons. The molecule has 0 spiro atoms. The fourth-order valence-corrected chi connectivity index (χ4v) is 3.78. The molecule has 29 heavy (non-hydrogen) atoms. The van der Waals surface area contributed by atoms with Gasteiger partial charge in [-0.05, 0) is 68.1 Å². The summed E-state index contributed by atoms with van der Waals surface area (Å²) >= 11 is 0. The minimum Gasteiger partial charge on any atom is -0.494 e. The Labute approximate surface area is 171 Å². The molecule has 1 atom stereocenters. The van der Waals surface area contributed by atoms with Crippen LogP contribution in [0.2, 0.25) is 0 Å². The van der Waals surface area contributed by atoms with Gasteiger partial charge < -0.3 is 20.5 Å². The van der Waals surface area contributed by atoms with E-state index in [9.17, 15) is 9.90 Å². The molecule has 0 amide bonds. The number of ether oxygens (including phenoxy) is 1. The molecular weight excluding hydrogens is 366 g/mol. The molecule has 0 aromatic heterocycles. The average Bonchev–Trinajstić information content (AvgIpc) is 3.22. The number of anilines is 2. The van der Waals surface area contributed by atoms with Crippen molar-refractivity contribution in [2.24, 2.45) is 0 Å². The number of hydrogen-bond acceptors (Lipinski definition) is 5. The van der Waals surface area contributed by atoms with Gasteiger partial charge in [0.15, 0.2) is 6.04 Å². The molecule has 3 rings (SSSR count). The SMILES string of the molecule is CCOc1cc(NC2CCCC2)c(C)c(C(Nc2ccc(C#N)cc2)C(=O)O)c1. The van der Waals surface area contributed by atoms with Crippen LogP contribution in [-0.4, -0.2) is 23.7 Å². The van der Waals surface area contributed by atoms with Crippen LogP contribution in [0.3, 0.4) is 0 Å².